The van der Waals surface area contributed by atoms with Crippen LogP contribution in [0.15, 0.2) is 84.9 Å². The zero-order valence-corrected chi connectivity index (χ0v) is 18.2. The maximum Gasteiger partial charge on any atom is 0.238 e. The van der Waals surface area contributed by atoms with E-state index in [0.717, 1.165) is 55.7 Å². The zero-order valence-electron chi connectivity index (χ0n) is 18.2. The summed E-state index contributed by atoms with van der Waals surface area (Å²) in [6, 6.07) is 27.0. The highest BCUT2D eigenvalue weighted by atomic mass is 16.5. The minimum Gasteiger partial charge on any atom is -0.492 e. The predicted molar refractivity (Wildman–Crippen MR) is 126 cm³/mol. The summed E-state index contributed by atoms with van der Waals surface area (Å²) in [5, 5.41) is 2.97. The maximum atomic E-state index is 12.4. The Bertz CT molecular complexity index is 957. The number of benzene rings is 3. The van der Waals surface area contributed by atoms with Gasteiger partial charge in [-0.2, -0.15) is 0 Å². The lowest BCUT2D eigenvalue weighted by Gasteiger charge is -2.34. The lowest BCUT2D eigenvalue weighted by molar-refractivity contribution is -0.117. The number of amides is 1. The first-order valence-electron chi connectivity index (χ1n) is 11.0. The molecule has 3 aromatic carbocycles. The van der Waals surface area contributed by atoms with E-state index in [1.165, 1.54) is 0 Å². The van der Waals surface area contributed by atoms with Gasteiger partial charge in [-0.3, -0.25) is 14.6 Å². The molecule has 1 aliphatic rings. The van der Waals surface area contributed by atoms with E-state index in [2.05, 4.69) is 15.1 Å². The molecule has 0 aromatic heterocycles. The maximum absolute atomic E-state index is 12.4. The summed E-state index contributed by atoms with van der Waals surface area (Å²) >= 11 is 0. The van der Waals surface area contributed by atoms with Crippen molar-refractivity contribution in [2.24, 2.45) is 0 Å². The largest absolute Gasteiger partial charge is 0.492 e. The zero-order chi connectivity index (χ0) is 22.0. The van der Waals surface area contributed by atoms with Gasteiger partial charge in [-0.15, -0.1) is 0 Å². The number of para-hydroxylation sites is 2. The van der Waals surface area contributed by atoms with Gasteiger partial charge >= 0.3 is 0 Å². The highest BCUT2D eigenvalue weighted by Crippen LogP contribution is 2.22. The second-order valence-corrected chi connectivity index (χ2v) is 7.77. The number of hydrogen-bond acceptors (Lipinski definition) is 5. The normalized spacial score (nSPS) is 14.6. The van der Waals surface area contributed by atoms with Crippen LogP contribution in [0, 0.1) is 0 Å². The third-order valence-electron chi connectivity index (χ3n) is 5.37. The van der Waals surface area contributed by atoms with Crippen LogP contribution >= 0.6 is 0 Å². The molecule has 0 spiro atoms. The summed E-state index contributed by atoms with van der Waals surface area (Å²) in [6.07, 6.45) is 0. The molecule has 1 aliphatic heterocycles. The minimum absolute atomic E-state index is 0.00240. The molecule has 6 nitrogen and oxygen atoms in total. The Morgan fingerprint density at radius 3 is 1.94 bits per heavy atom. The van der Waals surface area contributed by atoms with Crippen LogP contribution in [0.1, 0.15) is 0 Å². The monoisotopic (exact) mass is 431 g/mol. The van der Waals surface area contributed by atoms with Crippen molar-refractivity contribution < 1.29 is 14.3 Å². The fraction of sp³-hybridized carbons (Fsp3) is 0.269. The van der Waals surface area contributed by atoms with Crippen LogP contribution < -0.4 is 14.8 Å². The molecule has 1 fully saturated rings. The van der Waals surface area contributed by atoms with E-state index in [9.17, 15) is 4.79 Å². The number of nitrogens with zero attached hydrogens (tertiary/aromatic N) is 2. The predicted octanol–water partition coefficient (Wildman–Crippen LogP) is 4.11. The van der Waals surface area contributed by atoms with Crippen molar-refractivity contribution in [2.75, 3.05) is 51.2 Å². The Balaban J connectivity index is 1.14. The molecule has 6 heteroatoms. The van der Waals surface area contributed by atoms with E-state index in [0.29, 0.717) is 13.2 Å². The number of ether oxygens (including phenoxy) is 2. The van der Waals surface area contributed by atoms with Gasteiger partial charge in [-0.25, -0.2) is 0 Å². The molecule has 4 rings (SSSR count). The van der Waals surface area contributed by atoms with Crippen molar-refractivity contribution in [1.29, 1.82) is 0 Å². The van der Waals surface area contributed by atoms with E-state index in [1.807, 2.05) is 84.9 Å². The standard InChI is InChI=1S/C26H29N3O3/c30-26(27-22-11-13-25(14-12-22)32-24-9-5-2-6-10-24)21-29-17-15-28(16-18-29)19-20-31-23-7-3-1-4-8-23/h1-14H,15-21H2,(H,27,30). The second kappa shape index (κ2) is 11.3. The number of hydrogen-bond donors (Lipinski definition) is 1. The third kappa shape index (κ3) is 6.83. The third-order valence-corrected chi connectivity index (χ3v) is 5.37. The molecule has 0 unspecified atom stereocenters. The summed E-state index contributed by atoms with van der Waals surface area (Å²) < 4.78 is 11.6. The van der Waals surface area contributed by atoms with Gasteiger partial charge in [0, 0.05) is 38.4 Å². The van der Waals surface area contributed by atoms with Crippen molar-refractivity contribution in [2.45, 2.75) is 0 Å². The summed E-state index contributed by atoms with van der Waals surface area (Å²) in [5.41, 5.74) is 0.770. The lowest BCUT2D eigenvalue weighted by atomic mass is 10.2. The van der Waals surface area contributed by atoms with Crippen molar-refractivity contribution in [1.82, 2.24) is 9.80 Å². The van der Waals surface area contributed by atoms with E-state index >= 15 is 0 Å². The fourth-order valence-corrected chi connectivity index (χ4v) is 3.61. The number of nitrogens with one attached hydrogen (secondary N) is 1. The first kappa shape index (κ1) is 21.9. The van der Waals surface area contributed by atoms with Crippen LogP contribution in [0.2, 0.25) is 0 Å². The van der Waals surface area contributed by atoms with Crippen LogP contribution in [-0.4, -0.2) is 61.6 Å². The van der Waals surface area contributed by atoms with Crippen molar-refractivity contribution in [3.05, 3.63) is 84.9 Å². The Labute approximate surface area is 189 Å². The lowest BCUT2D eigenvalue weighted by Crippen LogP contribution is -2.49. The van der Waals surface area contributed by atoms with E-state index in [1.54, 1.807) is 0 Å². The number of carbonyl (C=O) groups is 1. The van der Waals surface area contributed by atoms with Gasteiger partial charge in [-0.05, 0) is 48.5 Å². The van der Waals surface area contributed by atoms with Gasteiger partial charge in [-0.1, -0.05) is 36.4 Å². The first-order chi connectivity index (χ1) is 15.7. The molecule has 0 bridgehead atoms. The van der Waals surface area contributed by atoms with Crippen molar-refractivity contribution in [3.8, 4) is 17.2 Å². The molecular formula is C26H29N3O3. The topological polar surface area (TPSA) is 54.0 Å². The average Bonchev–Trinajstić information content (AvgIpc) is 2.83. The Kier molecular flexibility index (Phi) is 7.74. The van der Waals surface area contributed by atoms with Crippen LogP contribution in [0.5, 0.6) is 17.2 Å². The van der Waals surface area contributed by atoms with Gasteiger partial charge in [0.1, 0.15) is 23.9 Å². The Hall–Kier alpha value is -3.35. The average molecular weight is 432 g/mol. The molecule has 1 N–H and O–H groups in total. The highest BCUT2D eigenvalue weighted by molar-refractivity contribution is 5.92. The summed E-state index contributed by atoms with van der Waals surface area (Å²) in [5.74, 6) is 2.43. The minimum atomic E-state index is 0.00240. The molecule has 0 atom stereocenters. The molecule has 1 saturated heterocycles. The molecule has 166 valence electrons. The van der Waals surface area contributed by atoms with Crippen LogP contribution in [0.3, 0.4) is 0 Å². The number of piperazine rings is 1. The molecule has 1 heterocycles. The van der Waals surface area contributed by atoms with Gasteiger partial charge in [0.15, 0.2) is 0 Å². The van der Waals surface area contributed by atoms with Gasteiger partial charge in [0.05, 0.1) is 6.54 Å². The number of carbonyl (C=O) groups excluding carboxylic acids is 1. The second-order valence-electron chi connectivity index (χ2n) is 7.77. The smallest absolute Gasteiger partial charge is 0.238 e. The van der Waals surface area contributed by atoms with E-state index in [4.69, 9.17) is 9.47 Å². The molecule has 0 radical (unpaired) electrons. The summed E-state index contributed by atoms with van der Waals surface area (Å²) in [7, 11) is 0. The van der Waals surface area contributed by atoms with Crippen molar-refractivity contribution in [3.63, 3.8) is 0 Å². The van der Waals surface area contributed by atoms with Crippen LogP contribution in [-0.2, 0) is 4.79 Å². The molecule has 3 aromatic rings. The fourth-order valence-electron chi connectivity index (χ4n) is 3.61. The van der Waals surface area contributed by atoms with E-state index < -0.39 is 0 Å². The molecular weight excluding hydrogens is 402 g/mol. The van der Waals surface area contributed by atoms with E-state index in [-0.39, 0.29) is 5.91 Å². The van der Waals surface area contributed by atoms with Gasteiger partial charge in [0.2, 0.25) is 5.91 Å². The van der Waals surface area contributed by atoms with Crippen LogP contribution in [0.25, 0.3) is 0 Å². The van der Waals surface area contributed by atoms with Gasteiger partial charge < -0.3 is 14.8 Å². The van der Waals surface area contributed by atoms with Gasteiger partial charge in [0.25, 0.3) is 0 Å². The molecule has 0 aliphatic carbocycles. The molecule has 32 heavy (non-hydrogen) atoms. The first-order valence-corrected chi connectivity index (χ1v) is 11.0. The summed E-state index contributed by atoms with van der Waals surface area (Å²) in [6.45, 7) is 5.61. The summed E-state index contributed by atoms with van der Waals surface area (Å²) in [4.78, 5) is 17.0. The number of anilines is 1. The Morgan fingerprint density at radius 1 is 0.719 bits per heavy atom. The SMILES string of the molecule is O=C(CN1CCN(CCOc2ccccc2)CC1)Nc1ccc(Oc2ccccc2)cc1. The quantitative estimate of drug-likeness (QED) is 0.553. The number of rotatable bonds is 9. The van der Waals surface area contributed by atoms with Crippen molar-refractivity contribution >= 4 is 11.6 Å². The molecule has 0 saturated carbocycles. The van der Waals surface area contributed by atoms with Crippen LogP contribution in [0.4, 0.5) is 5.69 Å². The molecule has 1 amide bonds. The Morgan fingerprint density at radius 2 is 1.28 bits per heavy atom. The highest BCUT2D eigenvalue weighted by Gasteiger charge is 2.19.